The van der Waals surface area contributed by atoms with Crippen molar-refractivity contribution in [1.82, 2.24) is 9.55 Å². The minimum absolute atomic E-state index is 0.0584. The predicted molar refractivity (Wildman–Crippen MR) is 78.4 cm³/mol. The van der Waals surface area contributed by atoms with E-state index in [1.807, 2.05) is 30.3 Å². The molecule has 0 atom stereocenters. The number of hydrogen-bond donors (Lipinski definition) is 1. The highest BCUT2D eigenvalue weighted by Gasteiger charge is 2.22. The van der Waals surface area contributed by atoms with Gasteiger partial charge in [-0.05, 0) is 12.5 Å². The van der Waals surface area contributed by atoms with E-state index in [4.69, 9.17) is 9.47 Å². The molecule has 0 saturated carbocycles. The Kier molecular flexibility index (Phi) is 4.77. The van der Waals surface area contributed by atoms with Crippen LogP contribution in [0.1, 0.15) is 23.0 Å². The number of carbonyl (C=O) groups is 1. The smallest absolute Gasteiger partial charge is 0.358 e. The predicted octanol–water partition coefficient (Wildman–Crippen LogP) is 1.46. The Morgan fingerprint density at radius 2 is 1.95 bits per heavy atom. The number of carboxylic acid groups (broad SMARTS) is 1. The van der Waals surface area contributed by atoms with Crippen LogP contribution >= 0.6 is 0 Å². The molecule has 0 radical (unpaired) electrons. The lowest BCUT2D eigenvalue weighted by Gasteiger charge is -2.12. The third-order valence-corrected chi connectivity index (χ3v) is 2.91. The van der Waals surface area contributed by atoms with E-state index in [9.17, 15) is 14.7 Å². The molecular weight excluding hydrogens is 288 g/mol. The van der Waals surface area contributed by atoms with Gasteiger partial charge in [-0.3, -0.25) is 9.36 Å². The zero-order chi connectivity index (χ0) is 16.1. The minimum atomic E-state index is -1.35. The van der Waals surface area contributed by atoms with E-state index >= 15 is 0 Å². The molecule has 1 N–H and O–H groups in total. The summed E-state index contributed by atoms with van der Waals surface area (Å²) < 4.78 is 11.7. The fourth-order valence-corrected chi connectivity index (χ4v) is 1.82. The number of aromatic nitrogens is 2. The van der Waals surface area contributed by atoms with Crippen LogP contribution in [0.4, 0.5) is 0 Å². The first-order valence-electron chi connectivity index (χ1n) is 6.68. The highest BCUT2D eigenvalue weighted by molar-refractivity contribution is 5.88. The Morgan fingerprint density at radius 3 is 2.55 bits per heavy atom. The van der Waals surface area contributed by atoms with Gasteiger partial charge >= 0.3 is 5.97 Å². The standard InChI is InChI=1S/C15H16N2O5/c1-3-21-15-16-11(14(19)20)12(13(18)17(15)2)22-9-10-7-5-4-6-8-10/h4-8H,3,9H2,1-2H3,(H,19,20). The van der Waals surface area contributed by atoms with E-state index in [0.717, 1.165) is 10.1 Å². The molecule has 7 heteroatoms. The SMILES string of the molecule is CCOc1nc(C(=O)O)c(OCc2ccccc2)c(=O)n1C. The molecular formula is C15H16N2O5. The van der Waals surface area contributed by atoms with Crippen molar-refractivity contribution in [3.05, 3.63) is 51.9 Å². The topological polar surface area (TPSA) is 90.7 Å². The van der Waals surface area contributed by atoms with E-state index in [0.29, 0.717) is 0 Å². The Bertz CT molecular complexity index is 725. The van der Waals surface area contributed by atoms with E-state index in [1.54, 1.807) is 6.92 Å². The van der Waals surface area contributed by atoms with Gasteiger partial charge in [0.05, 0.1) is 6.61 Å². The van der Waals surface area contributed by atoms with Crippen LogP contribution in [0.3, 0.4) is 0 Å². The number of carboxylic acids is 1. The molecule has 22 heavy (non-hydrogen) atoms. The summed E-state index contributed by atoms with van der Waals surface area (Å²) in [5.74, 6) is -1.65. The highest BCUT2D eigenvalue weighted by Crippen LogP contribution is 2.16. The van der Waals surface area contributed by atoms with Crippen molar-refractivity contribution >= 4 is 5.97 Å². The molecule has 0 aliphatic rings. The van der Waals surface area contributed by atoms with Crippen molar-refractivity contribution in [2.24, 2.45) is 7.05 Å². The first kappa shape index (κ1) is 15.6. The zero-order valence-corrected chi connectivity index (χ0v) is 12.3. The molecule has 0 bridgehead atoms. The first-order chi connectivity index (χ1) is 10.5. The number of nitrogens with zero attached hydrogens (tertiary/aromatic N) is 2. The number of rotatable bonds is 6. The van der Waals surface area contributed by atoms with Gasteiger partial charge in [-0.25, -0.2) is 4.79 Å². The zero-order valence-electron chi connectivity index (χ0n) is 12.3. The van der Waals surface area contributed by atoms with Crippen LogP contribution in [0.5, 0.6) is 11.8 Å². The molecule has 0 unspecified atom stereocenters. The molecule has 0 amide bonds. The second-order valence-corrected chi connectivity index (χ2v) is 4.45. The average Bonchev–Trinajstić information content (AvgIpc) is 2.51. The van der Waals surface area contributed by atoms with Crippen LogP contribution in [-0.4, -0.2) is 27.2 Å². The van der Waals surface area contributed by atoms with Gasteiger partial charge in [-0.1, -0.05) is 30.3 Å². The van der Waals surface area contributed by atoms with Crippen molar-refractivity contribution < 1.29 is 19.4 Å². The summed E-state index contributed by atoms with van der Waals surface area (Å²) in [6.07, 6.45) is 0. The number of hydrogen-bond acceptors (Lipinski definition) is 5. The number of benzene rings is 1. The molecule has 0 aliphatic carbocycles. The van der Waals surface area contributed by atoms with Gasteiger partial charge in [0.15, 0.2) is 0 Å². The van der Waals surface area contributed by atoms with Gasteiger partial charge in [-0.15, -0.1) is 0 Å². The van der Waals surface area contributed by atoms with Crippen LogP contribution in [-0.2, 0) is 13.7 Å². The maximum absolute atomic E-state index is 12.3. The summed E-state index contributed by atoms with van der Waals surface area (Å²) in [5, 5.41) is 9.22. The Balaban J connectivity index is 2.39. The second-order valence-electron chi connectivity index (χ2n) is 4.45. The number of ether oxygens (including phenoxy) is 2. The van der Waals surface area contributed by atoms with Gasteiger partial charge in [0.25, 0.3) is 11.6 Å². The summed E-state index contributed by atoms with van der Waals surface area (Å²) in [6.45, 7) is 2.06. The molecule has 0 spiro atoms. The summed E-state index contributed by atoms with van der Waals surface area (Å²) in [5.41, 5.74) is -0.246. The average molecular weight is 304 g/mol. The third kappa shape index (κ3) is 3.25. The molecule has 116 valence electrons. The summed E-state index contributed by atoms with van der Waals surface area (Å²) >= 11 is 0. The lowest BCUT2D eigenvalue weighted by molar-refractivity contribution is 0.0681. The van der Waals surface area contributed by atoms with Crippen molar-refractivity contribution in [3.63, 3.8) is 0 Å². The van der Waals surface area contributed by atoms with Gasteiger partial charge < -0.3 is 14.6 Å². The van der Waals surface area contributed by atoms with Crippen molar-refractivity contribution in [2.45, 2.75) is 13.5 Å². The Morgan fingerprint density at radius 1 is 1.27 bits per heavy atom. The lowest BCUT2D eigenvalue weighted by atomic mass is 10.2. The molecule has 0 saturated heterocycles. The summed E-state index contributed by atoms with van der Waals surface area (Å²) in [4.78, 5) is 27.4. The van der Waals surface area contributed by atoms with Crippen LogP contribution in [0.15, 0.2) is 35.1 Å². The molecule has 1 aromatic heterocycles. The lowest BCUT2D eigenvalue weighted by Crippen LogP contribution is -2.26. The van der Waals surface area contributed by atoms with E-state index < -0.39 is 17.2 Å². The van der Waals surface area contributed by atoms with Crippen LogP contribution in [0, 0.1) is 0 Å². The molecule has 0 aliphatic heterocycles. The van der Waals surface area contributed by atoms with Gasteiger partial charge in [0.1, 0.15) is 6.61 Å². The third-order valence-electron chi connectivity index (χ3n) is 2.91. The Hall–Kier alpha value is -2.83. The van der Waals surface area contributed by atoms with Gasteiger partial charge in [0.2, 0.25) is 11.4 Å². The monoisotopic (exact) mass is 304 g/mol. The maximum atomic E-state index is 12.3. The van der Waals surface area contributed by atoms with Crippen molar-refractivity contribution in [3.8, 4) is 11.8 Å². The largest absolute Gasteiger partial charge is 0.481 e. The van der Waals surface area contributed by atoms with Crippen LogP contribution in [0.2, 0.25) is 0 Å². The maximum Gasteiger partial charge on any atom is 0.358 e. The van der Waals surface area contributed by atoms with Gasteiger partial charge in [0, 0.05) is 7.05 Å². The van der Waals surface area contributed by atoms with Crippen molar-refractivity contribution in [1.29, 1.82) is 0 Å². The summed E-state index contributed by atoms with van der Waals surface area (Å²) in [6, 6.07) is 9.07. The molecule has 2 rings (SSSR count). The number of aromatic carboxylic acids is 1. The fraction of sp³-hybridized carbons (Fsp3) is 0.267. The van der Waals surface area contributed by atoms with E-state index in [1.165, 1.54) is 7.05 Å². The second kappa shape index (κ2) is 6.75. The first-order valence-corrected chi connectivity index (χ1v) is 6.68. The molecule has 2 aromatic rings. The Labute approximate surface area is 126 Å². The van der Waals surface area contributed by atoms with Crippen molar-refractivity contribution in [2.75, 3.05) is 6.61 Å². The quantitative estimate of drug-likeness (QED) is 0.868. The molecule has 0 fully saturated rings. The normalized spacial score (nSPS) is 10.3. The van der Waals surface area contributed by atoms with E-state index in [2.05, 4.69) is 4.98 Å². The van der Waals surface area contributed by atoms with Gasteiger partial charge in [-0.2, -0.15) is 4.98 Å². The molecule has 1 heterocycles. The summed E-state index contributed by atoms with van der Waals surface area (Å²) in [7, 11) is 1.45. The van der Waals surface area contributed by atoms with Crippen LogP contribution in [0.25, 0.3) is 0 Å². The molecule has 1 aromatic carbocycles. The molecule has 7 nitrogen and oxygen atoms in total. The fourth-order valence-electron chi connectivity index (χ4n) is 1.82. The highest BCUT2D eigenvalue weighted by atomic mass is 16.5. The van der Waals surface area contributed by atoms with E-state index in [-0.39, 0.29) is 25.0 Å². The van der Waals surface area contributed by atoms with Crippen LogP contribution < -0.4 is 15.0 Å². The minimum Gasteiger partial charge on any atom is -0.481 e.